The summed E-state index contributed by atoms with van der Waals surface area (Å²) in [5, 5.41) is 19.5. The van der Waals surface area contributed by atoms with E-state index in [1.807, 2.05) is 6.07 Å². The van der Waals surface area contributed by atoms with Gasteiger partial charge in [-0.2, -0.15) is 0 Å². The summed E-state index contributed by atoms with van der Waals surface area (Å²) in [6, 6.07) is 6.89. The molecule has 0 fully saturated rings. The summed E-state index contributed by atoms with van der Waals surface area (Å²) in [6.07, 6.45) is 0.648. The van der Waals surface area contributed by atoms with E-state index < -0.39 is 0 Å². The van der Waals surface area contributed by atoms with Crippen molar-refractivity contribution < 1.29 is 29.2 Å². The van der Waals surface area contributed by atoms with E-state index in [0.717, 1.165) is 11.1 Å². The molecule has 0 radical (unpaired) electrons. The van der Waals surface area contributed by atoms with Gasteiger partial charge in [0.2, 0.25) is 5.75 Å². The Morgan fingerprint density at radius 1 is 0.958 bits per heavy atom. The standard InChI is InChI=1S/C18H20O6/c1-21-14-8-16(23-3)15(22-2)7-12(14)11-6-10-4-5-13(19)17(20)18(10)24-9-11/h4-5,7-8,11,19-20H,6,9H2,1-3H3. The molecular formula is C18H20O6. The van der Waals surface area contributed by atoms with Crippen LogP contribution in [0.25, 0.3) is 0 Å². The molecule has 0 bridgehead atoms. The number of hydrogen-bond donors (Lipinski definition) is 2. The van der Waals surface area contributed by atoms with Crippen LogP contribution in [0.3, 0.4) is 0 Å². The van der Waals surface area contributed by atoms with Crippen molar-refractivity contribution in [1.29, 1.82) is 0 Å². The molecule has 0 aromatic heterocycles. The average Bonchev–Trinajstić information content (AvgIpc) is 2.63. The summed E-state index contributed by atoms with van der Waals surface area (Å²) < 4.78 is 21.9. The smallest absolute Gasteiger partial charge is 0.200 e. The quantitative estimate of drug-likeness (QED) is 0.839. The third-order valence-corrected chi connectivity index (χ3v) is 4.26. The van der Waals surface area contributed by atoms with Crippen molar-refractivity contribution in [1.82, 2.24) is 0 Å². The lowest BCUT2D eigenvalue weighted by atomic mass is 9.89. The van der Waals surface area contributed by atoms with Gasteiger partial charge in [-0.25, -0.2) is 0 Å². The Labute approximate surface area is 140 Å². The maximum Gasteiger partial charge on any atom is 0.200 e. The van der Waals surface area contributed by atoms with Crippen LogP contribution in [0, 0.1) is 0 Å². The lowest BCUT2D eigenvalue weighted by molar-refractivity contribution is 0.243. The molecule has 1 atom stereocenters. The first-order valence-electron chi connectivity index (χ1n) is 7.55. The molecule has 6 heteroatoms. The Morgan fingerprint density at radius 3 is 2.29 bits per heavy atom. The van der Waals surface area contributed by atoms with Gasteiger partial charge in [0.25, 0.3) is 0 Å². The van der Waals surface area contributed by atoms with Gasteiger partial charge in [0, 0.05) is 17.5 Å². The average molecular weight is 332 g/mol. The molecule has 1 unspecified atom stereocenters. The Kier molecular flexibility index (Phi) is 4.29. The number of rotatable bonds is 4. The maximum absolute atomic E-state index is 9.92. The normalized spacial score (nSPS) is 16.0. The molecule has 0 spiro atoms. The molecule has 24 heavy (non-hydrogen) atoms. The Bertz CT molecular complexity index is 756. The Balaban J connectivity index is 1.99. The van der Waals surface area contributed by atoms with Crippen LogP contribution in [-0.2, 0) is 6.42 Å². The zero-order chi connectivity index (χ0) is 17.3. The zero-order valence-electron chi connectivity index (χ0n) is 13.8. The molecule has 1 aliphatic heterocycles. The summed E-state index contributed by atoms with van der Waals surface area (Å²) in [6.45, 7) is 0.357. The molecule has 0 saturated heterocycles. The number of phenolic OH excluding ortho intramolecular Hbond substituents is 2. The predicted molar refractivity (Wildman–Crippen MR) is 87.8 cm³/mol. The van der Waals surface area contributed by atoms with Gasteiger partial charge in [0.15, 0.2) is 23.0 Å². The van der Waals surface area contributed by atoms with Crippen LogP contribution in [-0.4, -0.2) is 38.1 Å². The van der Waals surface area contributed by atoms with Crippen LogP contribution < -0.4 is 18.9 Å². The van der Waals surface area contributed by atoms with E-state index in [2.05, 4.69) is 0 Å². The number of methoxy groups -OCH3 is 3. The number of aromatic hydroxyl groups is 2. The van der Waals surface area contributed by atoms with Crippen LogP contribution in [0.5, 0.6) is 34.5 Å². The van der Waals surface area contributed by atoms with Gasteiger partial charge in [-0.3, -0.25) is 0 Å². The van der Waals surface area contributed by atoms with E-state index in [-0.39, 0.29) is 17.4 Å². The third kappa shape index (κ3) is 2.64. The number of benzene rings is 2. The van der Waals surface area contributed by atoms with Crippen LogP contribution in [0.4, 0.5) is 0 Å². The van der Waals surface area contributed by atoms with E-state index >= 15 is 0 Å². The van der Waals surface area contributed by atoms with Crippen LogP contribution in [0.1, 0.15) is 17.0 Å². The highest BCUT2D eigenvalue weighted by molar-refractivity contribution is 5.57. The molecule has 0 aliphatic carbocycles. The minimum atomic E-state index is -0.217. The zero-order valence-corrected chi connectivity index (χ0v) is 13.8. The molecule has 0 saturated carbocycles. The second-order valence-electron chi connectivity index (χ2n) is 5.58. The van der Waals surface area contributed by atoms with Gasteiger partial charge in [0.05, 0.1) is 27.9 Å². The van der Waals surface area contributed by atoms with Crippen molar-refractivity contribution in [3.05, 3.63) is 35.4 Å². The third-order valence-electron chi connectivity index (χ3n) is 4.26. The first-order chi connectivity index (χ1) is 11.6. The van der Waals surface area contributed by atoms with Gasteiger partial charge in [0.1, 0.15) is 5.75 Å². The van der Waals surface area contributed by atoms with Gasteiger partial charge in [-0.15, -0.1) is 0 Å². The van der Waals surface area contributed by atoms with E-state index in [1.165, 1.54) is 6.07 Å². The van der Waals surface area contributed by atoms with Crippen molar-refractivity contribution in [2.45, 2.75) is 12.3 Å². The molecule has 2 aromatic carbocycles. The highest BCUT2D eigenvalue weighted by Gasteiger charge is 2.28. The molecule has 2 N–H and O–H groups in total. The molecular weight excluding hydrogens is 312 g/mol. The monoisotopic (exact) mass is 332 g/mol. The molecule has 1 aliphatic rings. The lowest BCUT2D eigenvalue weighted by Gasteiger charge is -2.28. The van der Waals surface area contributed by atoms with Gasteiger partial charge < -0.3 is 29.2 Å². The van der Waals surface area contributed by atoms with Crippen LogP contribution in [0.15, 0.2) is 24.3 Å². The largest absolute Gasteiger partial charge is 0.504 e. The van der Waals surface area contributed by atoms with Crippen LogP contribution >= 0.6 is 0 Å². The number of ether oxygens (including phenoxy) is 4. The lowest BCUT2D eigenvalue weighted by Crippen LogP contribution is -2.20. The molecule has 1 heterocycles. The fourth-order valence-electron chi connectivity index (χ4n) is 3.00. The fraction of sp³-hybridized carbons (Fsp3) is 0.333. The second kappa shape index (κ2) is 6.39. The van der Waals surface area contributed by atoms with Crippen molar-refractivity contribution in [3.8, 4) is 34.5 Å². The van der Waals surface area contributed by atoms with Crippen molar-refractivity contribution >= 4 is 0 Å². The van der Waals surface area contributed by atoms with Crippen LogP contribution in [0.2, 0.25) is 0 Å². The number of fused-ring (bicyclic) bond motifs is 1. The van der Waals surface area contributed by atoms with Gasteiger partial charge in [-0.1, -0.05) is 6.07 Å². The number of phenols is 2. The van der Waals surface area contributed by atoms with Crippen molar-refractivity contribution in [2.24, 2.45) is 0 Å². The van der Waals surface area contributed by atoms with E-state index in [9.17, 15) is 10.2 Å². The van der Waals surface area contributed by atoms with E-state index in [4.69, 9.17) is 18.9 Å². The van der Waals surface area contributed by atoms with Crippen molar-refractivity contribution in [3.63, 3.8) is 0 Å². The Morgan fingerprint density at radius 2 is 1.62 bits per heavy atom. The SMILES string of the molecule is COc1cc(OC)c(C2COc3c(ccc(O)c3O)C2)cc1OC. The topological polar surface area (TPSA) is 77.4 Å². The molecule has 6 nitrogen and oxygen atoms in total. The molecule has 3 rings (SSSR count). The predicted octanol–water partition coefficient (Wildman–Crippen LogP) is 2.84. The minimum Gasteiger partial charge on any atom is -0.504 e. The van der Waals surface area contributed by atoms with E-state index in [1.54, 1.807) is 33.5 Å². The summed E-state index contributed by atoms with van der Waals surface area (Å²) >= 11 is 0. The Hall–Kier alpha value is -2.76. The molecule has 2 aromatic rings. The van der Waals surface area contributed by atoms with E-state index in [0.29, 0.717) is 36.0 Å². The highest BCUT2D eigenvalue weighted by atomic mass is 16.5. The minimum absolute atomic E-state index is 0.0243. The van der Waals surface area contributed by atoms with Gasteiger partial charge in [-0.05, 0) is 24.1 Å². The maximum atomic E-state index is 9.92. The molecule has 0 amide bonds. The summed E-state index contributed by atoms with van der Waals surface area (Å²) in [4.78, 5) is 0. The first-order valence-corrected chi connectivity index (χ1v) is 7.55. The fourth-order valence-corrected chi connectivity index (χ4v) is 3.00. The summed E-state index contributed by atoms with van der Waals surface area (Å²) in [7, 11) is 4.76. The molecule has 128 valence electrons. The summed E-state index contributed by atoms with van der Waals surface area (Å²) in [5.74, 6) is 1.86. The number of hydrogen-bond acceptors (Lipinski definition) is 6. The van der Waals surface area contributed by atoms with Crippen molar-refractivity contribution in [2.75, 3.05) is 27.9 Å². The first kappa shape index (κ1) is 16.1. The summed E-state index contributed by atoms with van der Waals surface area (Å²) in [5.41, 5.74) is 1.77. The highest BCUT2D eigenvalue weighted by Crippen LogP contribution is 2.46. The van der Waals surface area contributed by atoms with Gasteiger partial charge >= 0.3 is 0 Å². The second-order valence-corrected chi connectivity index (χ2v) is 5.58.